The number of anilines is 1. The molecule has 1 heterocycles. The molecule has 0 atom stereocenters. The zero-order chi connectivity index (χ0) is 15.5. The molecule has 1 aliphatic rings. The molecule has 8 heteroatoms. The first-order valence-corrected chi connectivity index (χ1v) is 8.66. The predicted octanol–water partition coefficient (Wildman–Crippen LogP) is 3.45. The van der Waals surface area contributed by atoms with Crippen molar-refractivity contribution >= 4 is 34.8 Å². The van der Waals surface area contributed by atoms with Gasteiger partial charge in [0.25, 0.3) is 0 Å². The number of nitrogens with one attached hydrogen (secondary N) is 2. The van der Waals surface area contributed by atoms with Gasteiger partial charge in [-0.2, -0.15) is 0 Å². The molecule has 2 amide bonds. The Morgan fingerprint density at radius 3 is 2.95 bits per heavy atom. The van der Waals surface area contributed by atoms with Crippen molar-refractivity contribution in [1.29, 1.82) is 0 Å². The van der Waals surface area contributed by atoms with Gasteiger partial charge in [-0.15, -0.1) is 23.1 Å². The van der Waals surface area contributed by atoms with E-state index < -0.39 is 6.03 Å². The molecule has 5 nitrogen and oxygen atoms in total. The number of hydrazine groups is 1. The van der Waals surface area contributed by atoms with Gasteiger partial charge in [-0.05, 0) is 36.5 Å². The maximum Gasteiger partial charge on any atom is 0.333 e. The number of carbonyl (C=O) groups excluding carboxylic acids is 1. The van der Waals surface area contributed by atoms with Gasteiger partial charge in [0.1, 0.15) is 10.8 Å². The lowest BCUT2D eigenvalue weighted by Crippen LogP contribution is -2.34. The maximum absolute atomic E-state index is 13.8. The van der Waals surface area contributed by atoms with E-state index in [1.807, 2.05) is 10.8 Å². The Morgan fingerprint density at radius 1 is 1.50 bits per heavy atom. The van der Waals surface area contributed by atoms with Gasteiger partial charge in [-0.25, -0.2) is 20.0 Å². The number of amides is 2. The smallest absolute Gasteiger partial charge is 0.306 e. The van der Waals surface area contributed by atoms with Crippen LogP contribution in [0.4, 0.5) is 14.9 Å². The normalized spacial score (nSPS) is 13.9. The van der Waals surface area contributed by atoms with Crippen molar-refractivity contribution < 1.29 is 9.18 Å². The van der Waals surface area contributed by atoms with Crippen LogP contribution in [0.25, 0.3) is 0 Å². The van der Waals surface area contributed by atoms with Crippen LogP contribution in [0.1, 0.15) is 29.3 Å². The standard InChI is InChI=1S/C14H15FN4OS2/c15-9-5-10(8-1-2-8)13(11(6-9)18-14(20)19-16)22-7-12-17-3-4-21-12/h3-6,8H,1-2,7,16H2,(H2,18,19,20). The quantitative estimate of drug-likeness (QED) is 0.338. The molecule has 22 heavy (non-hydrogen) atoms. The molecule has 1 aromatic carbocycles. The van der Waals surface area contributed by atoms with Crippen molar-refractivity contribution in [3.63, 3.8) is 0 Å². The molecule has 1 fully saturated rings. The van der Waals surface area contributed by atoms with Gasteiger partial charge in [0, 0.05) is 16.5 Å². The third-order valence-electron chi connectivity index (χ3n) is 3.30. The van der Waals surface area contributed by atoms with E-state index in [1.54, 1.807) is 35.4 Å². The molecular formula is C14H15FN4OS2. The number of thiazole rings is 1. The van der Waals surface area contributed by atoms with Crippen molar-refractivity contribution in [3.8, 4) is 0 Å². The predicted molar refractivity (Wildman–Crippen MR) is 86.4 cm³/mol. The summed E-state index contributed by atoms with van der Waals surface area (Å²) in [6.45, 7) is 0. The zero-order valence-corrected chi connectivity index (χ0v) is 13.3. The Labute approximate surface area is 135 Å². The SMILES string of the molecule is NNC(=O)Nc1cc(F)cc(C2CC2)c1SCc1nccs1. The van der Waals surface area contributed by atoms with Crippen LogP contribution in [-0.4, -0.2) is 11.0 Å². The average molecular weight is 338 g/mol. The molecule has 1 aliphatic carbocycles. The molecule has 0 bridgehead atoms. The van der Waals surface area contributed by atoms with Crippen LogP contribution in [0.2, 0.25) is 0 Å². The van der Waals surface area contributed by atoms with Gasteiger partial charge in [0.05, 0.1) is 11.4 Å². The molecular weight excluding hydrogens is 323 g/mol. The Kier molecular flexibility index (Phi) is 4.60. The first kappa shape index (κ1) is 15.3. The molecule has 2 aromatic rings. The van der Waals surface area contributed by atoms with Gasteiger partial charge in [-0.1, -0.05) is 0 Å². The Hall–Kier alpha value is -1.64. The lowest BCUT2D eigenvalue weighted by atomic mass is 10.1. The van der Waals surface area contributed by atoms with Crippen LogP contribution in [0.5, 0.6) is 0 Å². The van der Waals surface area contributed by atoms with Gasteiger partial charge in [0.15, 0.2) is 0 Å². The van der Waals surface area contributed by atoms with Crippen LogP contribution in [0.3, 0.4) is 0 Å². The number of hydrogen-bond acceptors (Lipinski definition) is 5. The molecule has 0 unspecified atom stereocenters. The molecule has 4 N–H and O–H groups in total. The first-order chi connectivity index (χ1) is 10.7. The van der Waals surface area contributed by atoms with Crippen molar-refractivity contribution in [2.45, 2.75) is 29.4 Å². The molecule has 0 saturated heterocycles. The number of benzene rings is 1. The molecule has 0 spiro atoms. The van der Waals surface area contributed by atoms with Crippen molar-refractivity contribution in [2.24, 2.45) is 5.84 Å². The summed E-state index contributed by atoms with van der Waals surface area (Å²) in [6, 6.07) is 2.32. The summed E-state index contributed by atoms with van der Waals surface area (Å²) in [5.74, 6) is 5.80. The highest BCUT2D eigenvalue weighted by molar-refractivity contribution is 7.98. The Morgan fingerprint density at radius 2 is 2.32 bits per heavy atom. The lowest BCUT2D eigenvalue weighted by Gasteiger charge is -2.15. The number of halogens is 1. The van der Waals surface area contributed by atoms with Gasteiger partial charge in [0.2, 0.25) is 0 Å². The van der Waals surface area contributed by atoms with Crippen LogP contribution in [-0.2, 0) is 5.75 Å². The fourth-order valence-electron chi connectivity index (χ4n) is 2.18. The number of nitrogens with zero attached hydrogens (tertiary/aromatic N) is 1. The maximum atomic E-state index is 13.8. The minimum atomic E-state index is -0.566. The number of hydrogen-bond donors (Lipinski definition) is 3. The van der Waals surface area contributed by atoms with E-state index in [2.05, 4.69) is 10.3 Å². The largest absolute Gasteiger partial charge is 0.333 e. The number of aromatic nitrogens is 1. The number of rotatable bonds is 5. The van der Waals surface area contributed by atoms with Crippen molar-refractivity contribution in [3.05, 3.63) is 40.1 Å². The molecule has 3 rings (SSSR count). The fourth-order valence-corrected chi connectivity index (χ4v) is 4.03. The van der Waals surface area contributed by atoms with Crippen molar-refractivity contribution in [1.82, 2.24) is 10.4 Å². The van der Waals surface area contributed by atoms with Gasteiger partial charge >= 0.3 is 6.03 Å². The highest BCUT2D eigenvalue weighted by atomic mass is 32.2. The highest BCUT2D eigenvalue weighted by Gasteiger charge is 2.28. The number of carbonyl (C=O) groups is 1. The summed E-state index contributed by atoms with van der Waals surface area (Å²) >= 11 is 3.13. The van der Waals surface area contributed by atoms with E-state index in [0.29, 0.717) is 17.4 Å². The first-order valence-electron chi connectivity index (χ1n) is 6.79. The minimum Gasteiger partial charge on any atom is -0.306 e. The molecule has 1 saturated carbocycles. The molecule has 116 valence electrons. The topological polar surface area (TPSA) is 80.0 Å². The fraction of sp³-hybridized carbons (Fsp3) is 0.286. The second-order valence-electron chi connectivity index (χ2n) is 4.96. The molecule has 0 aliphatic heterocycles. The Bertz CT molecular complexity index is 674. The highest BCUT2D eigenvalue weighted by Crippen LogP contribution is 2.47. The summed E-state index contributed by atoms with van der Waals surface area (Å²) in [5.41, 5.74) is 3.41. The minimum absolute atomic E-state index is 0.354. The third-order valence-corrected chi connectivity index (χ3v) is 5.43. The number of thioether (sulfide) groups is 1. The van der Waals surface area contributed by atoms with E-state index >= 15 is 0 Å². The van der Waals surface area contributed by atoms with Crippen LogP contribution < -0.4 is 16.6 Å². The van der Waals surface area contributed by atoms with E-state index in [-0.39, 0.29) is 5.82 Å². The van der Waals surface area contributed by atoms with Crippen LogP contribution in [0, 0.1) is 5.82 Å². The summed E-state index contributed by atoms with van der Waals surface area (Å²) in [5, 5.41) is 5.51. The van der Waals surface area contributed by atoms with Crippen molar-refractivity contribution in [2.75, 3.05) is 5.32 Å². The Balaban J connectivity index is 1.90. The summed E-state index contributed by atoms with van der Waals surface area (Å²) in [7, 11) is 0. The molecule has 1 aromatic heterocycles. The molecule has 0 radical (unpaired) electrons. The van der Waals surface area contributed by atoms with Crippen LogP contribution >= 0.6 is 23.1 Å². The van der Waals surface area contributed by atoms with Gasteiger partial charge < -0.3 is 5.32 Å². The number of urea groups is 1. The number of nitrogens with two attached hydrogens (primary N) is 1. The third kappa shape index (κ3) is 3.57. The zero-order valence-electron chi connectivity index (χ0n) is 11.6. The van der Waals surface area contributed by atoms with E-state index in [9.17, 15) is 9.18 Å². The lowest BCUT2D eigenvalue weighted by molar-refractivity contribution is 0.252. The summed E-state index contributed by atoms with van der Waals surface area (Å²) < 4.78 is 13.8. The monoisotopic (exact) mass is 338 g/mol. The van der Waals surface area contributed by atoms with E-state index in [1.165, 1.54) is 6.07 Å². The van der Waals surface area contributed by atoms with Gasteiger partial charge in [-0.3, -0.25) is 5.43 Å². The average Bonchev–Trinajstić information content (AvgIpc) is 3.22. The van der Waals surface area contributed by atoms with E-state index in [4.69, 9.17) is 5.84 Å². The second-order valence-corrected chi connectivity index (χ2v) is 6.92. The van der Waals surface area contributed by atoms with E-state index in [0.717, 1.165) is 28.3 Å². The summed E-state index contributed by atoms with van der Waals surface area (Å²) in [4.78, 5) is 16.6. The summed E-state index contributed by atoms with van der Waals surface area (Å²) in [6.07, 6.45) is 3.86. The van der Waals surface area contributed by atoms with Crippen LogP contribution in [0.15, 0.2) is 28.6 Å². The second kappa shape index (κ2) is 6.64.